The average Bonchev–Trinajstić information content (AvgIpc) is 2.44. The van der Waals surface area contributed by atoms with Crippen LogP contribution in [-0.2, 0) is 0 Å². The minimum absolute atomic E-state index is 0.0188. The number of anilines is 1. The van der Waals surface area contributed by atoms with Gasteiger partial charge < -0.3 is 19.9 Å². The fourth-order valence-electron chi connectivity index (χ4n) is 1.58. The Hall–Kier alpha value is -1.56. The minimum Gasteiger partial charge on any atom is -0.493 e. The van der Waals surface area contributed by atoms with Crippen molar-refractivity contribution in [3.8, 4) is 11.5 Å². The molecule has 0 spiro atoms. The van der Waals surface area contributed by atoms with Crippen molar-refractivity contribution < 1.29 is 23.4 Å². The zero-order chi connectivity index (χ0) is 15.2. The highest BCUT2D eigenvalue weighted by Gasteiger charge is 2.21. The summed E-state index contributed by atoms with van der Waals surface area (Å²) < 4.78 is 34.0. The molecular weight excluding hydrogens is 268 g/mol. The summed E-state index contributed by atoms with van der Waals surface area (Å²) in [5, 5.41) is 12.4. The first kappa shape index (κ1) is 16.5. The summed E-state index contributed by atoms with van der Waals surface area (Å²) in [4.78, 5) is 0. The fraction of sp³-hybridized carbons (Fsp3) is 0.571. The highest BCUT2D eigenvalue weighted by atomic mass is 19.3. The molecule has 20 heavy (non-hydrogen) atoms. The lowest BCUT2D eigenvalue weighted by atomic mass is 9.88. The second-order valence-electron chi connectivity index (χ2n) is 4.92. The molecule has 2 N–H and O–H groups in total. The highest BCUT2D eigenvalue weighted by Crippen LogP contribution is 2.32. The van der Waals surface area contributed by atoms with E-state index in [0.717, 1.165) is 6.42 Å². The second-order valence-corrected chi connectivity index (χ2v) is 4.92. The molecule has 0 bridgehead atoms. The van der Waals surface area contributed by atoms with Gasteiger partial charge in [-0.2, -0.15) is 8.78 Å². The molecule has 1 aromatic rings. The Balaban J connectivity index is 2.81. The Morgan fingerprint density at radius 1 is 1.35 bits per heavy atom. The predicted octanol–water partition coefficient (Wildman–Crippen LogP) is 3.12. The Morgan fingerprint density at radius 2 is 2.05 bits per heavy atom. The maximum Gasteiger partial charge on any atom is 0.387 e. The van der Waals surface area contributed by atoms with Crippen molar-refractivity contribution in [3.05, 3.63) is 18.2 Å². The number of rotatable bonds is 8. The number of benzene rings is 1. The minimum atomic E-state index is -2.91. The molecule has 0 heterocycles. The van der Waals surface area contributed by atoms with Crippen molar-refractivity contribution in [2.24, 2.45) is 5.41 Å². The maximum absolute atomic E-state index is 12.3. The molecule has 0 saturated carbocycles. The van der Waals surface area contributed by atoms with E-state index in [-0.39, 0.29) is 23.5 Å². The molecule has 0 aliphatic carbocycles. The van der Waals surface area contributed by atoms with Gasteiger partial charge in [0, 0.05) is 23.7 Å². The number of alkyl halides is 2. The van der Waals surface area contributed by atoms with Gasteiger partial charge in [0.05, 0.1) is 13.7 Å². The normalized spacial score (nSPS) is 13.9. The lowest BCUT2D eigenvalue weighted by Gasteiger charge is -2.26. The molecule has 1 rings (SSSR count). The third-order valence-corrected chi connectivity index (χ3v) is 3.33. The summed E-state index contributed by atoms with van der Waals surface area (Å²) in [6, 6.07) is 4.73. The van der Waals surface area contributed by atoms with E-state index in [1.54, 1.807) is 12.1 Å². The number of hydrogen-bond acceptors (Lipinski definition) is 4. The molecule has 1 atom stereocenters. The number of halogens is 2. The quantitative estimate of drug-likeness (QED) is 0.772. The topological polar surface area (TPSA) is 50.7 Å². The summed E-state index contributed by atoms with van der Waals surface area (Å²) in [5.41, 5.74) is 0.374. The van der Waals surface area contributed by atoms with Gasteiger partial charge in [0.25, 0.3) is 0 Å². The van der Waals surface area contributed by atoms with Crippen molar-refractivity contribution in [1.29, 1.82) is 0 Å². The molecule has 6 heteroatoms. The number of aliphatic hydroxyl groups excluding tert-OH is 1. The lowest BCUT2D eigenvalue weighted by molar-refractivity contribution is -0.0511. The zero-order valence-corrected chi connectivity index (χ0v) is 12.0. The first-order chi connectivity index (χ1) is 9.44. The monoisotopic (exact) mass is 289 g/mol. The van der Waals surface area contributed by atoms with E-state index in [1.165, 1.54) is 13.2 Å². The Kier molecular flexibility index (Phi) is 6.01. The van der Waals surface area contributed by atoms with Gasteiger partial charge in [-0.25, -0.2) is 0 Å². The van der Waals surface area contributed by atoms with Gasteiger partial charge in [0.2, 0.25) is 0 Å². The van der Waals surface area contributed by atoms with Crippen LogP contribution in [0.1, 0.15) is 20.3 Å². The van der Waals surface area contributed by atoms with Crippen LogP contribution in [0.25, 0.3) is 0 Å². The number of methoxy groups -OCH3 is 1. The van der Waals surface area contributed by atoms with Crippen LogP contribution in [0.3, 0.4) is 0 Å². The maximum atomic E-state index is 12.3. The first-order valence-corrected chi connectivity index (χ1v) is 6.41. The Bertz CT molecular complexity index is 423. The molecule has 1 aromatic carbocycles. The van der Waals surface area contributed by atoms with Crippen LogP contribution in [0.2, 0.25) is 0 Å². The van der Waals surface area contributed by atoms with Gasteiger partial charge in [-0.1, -0.05) is 13.8 Å². The van der Waals surface area contributed by atoms with Crippen molar-refractivity contribution in [2.75, 3.05) is 25.6 Å². The molecule has 0 aliphatic heterocycles. The van der Waals surface area contributed by atoms with E-state index >= 15 is 0 Å². The molecule has 0 aliphatic rings. The highest BCUT2D eigenvalue weighted by molar-refractivity contribution is 5.54. The van der Waals surface area contributed by atoms with Gasteiger partial charge in [0.1, 0.15) is 0 Å². The largest absolute Gasteiger partial charge is 0.493 e. The molecule has 4 nitrogen and oxygen atoms in total. The Labute approximate surface area is 117 Å². The standard InChI is InChI=1S/C14H21F2NO3/c1-4-14(2,9-18)8-17-10-5-6-11(19-3)12(7-10)20-13(15)16/h5-7,13,17-18H,4,8-9H2,1-3H3. The van der Waals surface area contributed by atoms with Crippen LogP contribution in [0, 0.1) is 5.41 Å². The summed E-state index contributed by atoms with van der Waals surface area (Å²) >= 11 is 0. The van der Waals surface area contributed by atoms with Gasteiger partial charge in [-0.3, -0.25) is 0 Å². The third kappa shape index (κ3) is 4.52. The van der Waals surface area contributed by atoms with Gasteiger partial charge in [-0.05, 0) is 18.6 Å². The fourth-order valence-corrected chi connectivity index (χ4v) is 1.58. The van der Waals surface area contributed by atoms with Crippen molar-refractivity contribution >= 4 is 5.69 Å². The molecule has 0 aromatic heterocycles. The van der Waals surface area contributed by atoms with Gasteiger partial charge in [0.15, 0.2) is 11.5 Å². The number of aliphatic hydroxyl groups is 1. The van der Waals surface area contributed by atoms with E-state index in [2.05, 4.69) is 10.1 Å². The van der Waals surface area contributed by atoms with E-state index in [1.807, 2.05) is 13.8 Å². The van der Waals surface area contributed by atoms with Crippen LogP contribution in [0.15, 0.2) is 18.2 Å². The number of hydrogen-bond donors (Lipinski definition) is 2. The van der Waals surface area contributed by atoms with E-state index in [0.29, 0.717) is 12.2 Å². The molecular formula is C14H21F2NO3. The summed E-state index contributed by atoms with van der Waals surface area (Å²) in [6.45, 7) is 1.60. The third-order valence-electron chi connectivity index (χ3n) is 3.33. The number of nitrogens with one attached hydrogen (secondary N) is 1. The van der Waals surface area contributed by atoms with Gasteiger partial charge in [-0.15, -0.1) is 0 Å². The number of ether oxygens (including phenoxy) is 2. The van der Waals surface area contributed by atoms with Crippen LogP contribution >= 0.6 is 0 Å². The average molecular weight is 289 g/mol. The summed E-state index contributed by atoms with van der Waals surface area (Å²) in [6.07, 6.45) is 0.799. The predicted molar refractivity (Wildman–Crippen MR) is 73.6 cm³/mol. The summed E-state index contributed by atoms with van der Waals surface area (Å²) in [7, 11) is 1.39. The lowest BCUT2D eigenvalue weighted by Crippen LogP contribution is -2.29. The molecule has 114 valence electrons. The van der Waals surface area contributed by atoms with Crippen molar-refractivity contribution in [2.45, 2.75) is 26.9 Å². The molecule has 1 unspecified atom stereocenters. The van der Waals surface area contributed by atoms with E-state index in [4.69, 9.17) is 4.74 Å². The van der Waals surface area contributed by atoms with Crippen LogP contribution in [0.4, 0.5) is 14.5 Å². The van der Waals surface area contributed by atoms with Crippen molar-refractivity contribution in [3.63, 3.8) is 0 Å². The molecule has 0 saturated heterocycles. The Morgan fingerprint density at radius 3 is 2.55 bits per heavy atom. The van der Waals surface area contributed by atoms with E-state index in [9.17, 15) is 13.9 Å². The zero-order valence-electron chi connectivity index (χ0n) is 12.0. The molecule has 0 amide bonds. The van der Waals surface area contributed by atoms with Crippen LogP contribution < -0.4 is 14.8 Å². The second kappa shape index (κ2) is 7.28. The molecule has 0 radical (unpaired) electrons. The van der Waals surface area contributed by atoms with Crippen LogP contribution in [0.5, 0.6) is 11.5 Å². The van der Waals surface area contributed by atoms with Gasteiger partial charge >= 0.3 is 6.61 Å². The van der Waals surface area contributed by atoms with Crippen LogP contribution in [-0.4, -0.2) is 32.0 Å². The van der Waals surface area contributed by atoms with E-state index < -0.39 is 6.61 Å². The molecule has 0 fully saturated rings. The summed E-state index contributed by atoms with van der Waals surface area (Å²) in [5.74, 6) is 0.228. The van der Waals surface area contributed by atoms with Crippen molar-refractivity contribution in [1.82, 2.24) is 0 Å². The SMILES string of the molecule is CCC(C)(CO)CNc1ccc(OC)c(OC(F)F)c1. The smallest absolute Gasteiger partial charge is 0.387 e. The first-order valence-electron chi connectivity index (χ1n) is 6.41.